The summed E-state index contributed by atoms with van der Waals surface area (Å²) in [6, 6.07) is 18.9. The maximum absolute atomic E-state index is 13.6. The number of rotatable bonds is 5. The Labute approximate surface area is 208 Å². The molecule has 1 fully saturated rings. The Balaban J connectivity index is 1.44. The van der Waals surface area contributed by atoms with Gasteiger partial charge in [-0.3, -0.25) is 14.2 Å². The van der Waals surface area contributed by atoms with Crippen LogP contribution in [0.5, 0.6) is 0 Å². The van der Waals surface area contributed by atoms with Crippen molar-refractivity contribution in [3.8, 4) is 0 Å². The molecule has 0 aliphatic carbocycles. The van der Waals surface area contributed by atoms with E-state index in [2.05, 4.69) is 15.3 Å². The molecular weight excluding hydrogens is 462 g/mol. The number of nitrogens with zero attached hydrogens (tertiary/aromatic N) is 4. The summed E-state index contributed by atoms with van der Waals surface area (Å²) in [5.41, 5.74) is 3.67. The van der Waals surface area contributed by atoms with Crippen LogP contribution in [-0.4, -0.2) is 33.5 Å². The van der Waals surface area contributed by atoms with Crippen LogP contribution in [0.4, 0.5) is 11.5 Å². The highest BCUT2D eigenvalue weighted by atomic mass is 35.5. The molecule has 0 spiro atoms. The third-order valence-corrected chi connectivity index (χ3v) is 6.64. The van der Waals surface area contributed by atoms with Gasteiger partial charge in [0.1, 0.15) is 5.52 Å². The lowest BCUT2D eigenvalue weighted by Gasteiger charge is -2.32. The topological polar surface area (TPSA) is 80.1 Å². The van der Waals surface area contributed by atoms with E-state index in [0.29, 0.717) is 41.6 Å². The van der Waals surface area contributed by atoms with Crippen LogP contribution in [0, 0.1) is 12.8 Å². The van der Waals surface area contributed by atoms with Crippen molar-refractivity contribution in [3.63, 3.8) is 0 Å². The number of halogens is 1. The number of hydrogen-bond acceptors (Lipinski definition) is 5. The van der Waals surface area contributed by atoms with Crippen molar-refractivity contribution >= 4 is 40.2 Å². The third-order valence-electron chi connectivity index (χ3n) is 6.41. The second-order valence-electron chi connectivity index (χ2n) is 8.89. The molecule has 1 amide bonds. The summed E-state index contributed by atoms with van der Waals surface area (Å²) >= 11 is 6.05. The van der Waals surface area contributed by atoms with E-state index < -0.39 is 0 Å². The number of benzene rings is 2. The van der Waals surface area contributed by atoms with Gasteiger partial charge in [-0.1, -0.05) is 41.9 Å². The van der Waals surface area contributed by atoms with Gasteiger partial charge in [-0.2, -0.15) is 0 Å². The molecule has 2 aromatic carbocycles. The Morgan fingerprint density at radius 1 is 1.14 bits per heavy atom. The van der Waals surface area contributed by atoms with Crippen molar-refractivity contribution < 1.29 is 4.79 Å². The second kappa shape index (κ2) is 9.88. The van der Waals surface area contributed by atoms with Gasteiger partial charge >= 0.3 is 0 Å². The first-order valence-corrected chi connectivity index (χ1v) is 12.1. The van der Waals surface area contributed by atoms with Gasteiger partial charge < -0.3 is 10.2 Å². The van der Waals surface area contributed by atoms with E-state index in [1.807, 2.05) is 66.4 Å². The van der Waals surface area contributed by atoms with E-state index in [1.165, 1.54) is 0 Å². The predicted molar refractivity (Wildman–Crippen MR) is 139 cm³/mol. The molecule has 3 heterocycles. The van der Waals surface area contributed by atoms with E-state index >= 15 is 0 Å². The number of anilines is 2. The van der Waals surface area contributed by atoms with Crippen molar-refractivity contribution in [1.29, 1.82) is 0 Å². The SMILES string of the molecule is Cc1cc(Cl)ccc1NC(=O)[C@@H]1CCCN(c2nc3cccnc3n(Cc3ccccc3)c2=O)C1. The van der Waals surface area contributed by atoms with E-state index in [1.54, 1.807) is 16.8 Å². The van der Waals surface area contributed by atoms with Crippen LogP contribution in [-0.2, 0) is 11.3 Å². The van der Waals surface area contributed by atoms with Crippen molar-refractivity contribution in [1.82, 2.24) is 14.5 Å². The molecular formula is C27H26ClN5O2. The Hall–Kier alpha value is -3.71. The van der Waals surface area contributed by atoms with Crippen LogP contribution in [0.15, 0.2) is 71.7 Å². The third kappa shape index (κ3) is 4.91. The quantitative estimate of drug-likeness (QED) is 0.443. The first kappa shape index (κ1) is 23.1. The zero-order valence-corrected chi connectivity index (χ0v) is 20.2. The van der Waals surface area contributed by atoms with E-state index in [4.69, 9.17) is 11.6 Å². The highest BCUT2D eigenvalue weighted by Gasteiger charge is 2.29. The van der Waals surface area contributed by atoms with Gasteiger partial charge in [-0.15, -0.1) is 0 Å². The Bertz CT molecular complexity index is 1440. The number of aryl methyl sites for hydroxylation is 1. The Morgan fingerprint density at radius 3 is 2.77 bits per heavy atom. The lowest BCUT2D eigenvalue weighted by molar-refractivity contribution is -0.120. The molecule has 0 bridgehead atoms. The number of piperidine rings is 1. The molecule has 1 atom stereocenters. The monoisotopic (exact) mass is 487 g/mol. The van der Waals surface area contributed by atoms with Gasteiger partial charge in [0.25, 0.3) is 5.56 Å². The molecule has 0 unspecified atom stereocenters. The number of hydrogen-bond donors (Lipinski definition) is 1. The van der Waals surface area contributed by atoms with Gasteiger partial charge in [-0.25, -0.2) is 9.97 Å². The van der Waals surface area contributed by atoms with Crippen molar-refractivity contribution in [2.24, 2.45) is 5.92 Å². The van der Waals surface area contributed by atoms with Crippen molar-refractivity contribution in [2.45, 2.75) is 26.3 Å². The minimum absolute atomic E-state index is 0.0628. The molecule has 35 heavy (non-hydrogen) atoms. The average molecular weight is 488 g/mol. The zero-order chi connectivity index (χ0) is 24.4. The normalized spacial score (nSPS) is 15.8. The van der Waals surface area contributed by atoms with Crippen LogP contribution in [0.3, 0.4) is 0 Å². The lowest BCUT2D eigenvalue weighted by atomic mass is 9.97. The summed E-state index contributed by atoms with van der Waals surface area (Å²) in [5, 5.41) is 3.66. The fraction of sp³-hybridized carbons (Fsp3) is 0.259. The minimum atomic E-state index is -0.257. The number of carbonyl (C=O) groups excluding carboxylic acids is 1. The molecule has 1 aliphatic rings. The number of carbonyl (C=O) groups is 1. The second-order valence-corrected chi connectivity index (χ2v) is 9.33. The number of nitrogens with one attached hydrogen (secondary N) is 1. The fourth-order valence-corrected chi connectivity index (χ4v) is 4.79. The summed E-state index contributed by atoms with van der Waals surface area (Å²) in [4.78, 5) is 37.8. The molecule has 7 nitrogen and oxygen atoms in total. The van der Waals surface area contributed by atoms with Crippen LogP contribution >= 0.6 is 11.6 Å². The summed E-state index contributed by atoms with van der Waals surface area (Å²) < 4.78 is 1.67. The van der Waals surface area contributed by atoms with E-state index in [9.17, 15) is 9.59 Å². The van der Waals surface area contributed by atoms with Gasteiger partial charge in [0.15, 0.2) is 11.5 Å². The number of pyridine rings is 1. The minimum Gasteiger partial charge on any atom is -0.351 e. The molecule has 0 radical (unpaired) electrons. The first-order valence-electron chi connectivity index (χ1n) is 11.7. The smallest absolute Gasteiger partial charge is 0.295 e. The maximum atomic E-state index is 13.6. The maximum Gasteiger partial charge on any atom is 0.295 e. The van der Waals surface area contributed by atoms with Gasteiger partial charge in [0.05, 0.1) is 12.5 Å². The van der Waals surface area contributed by atoms with Crippen LogP contribution in [0.1, 0.15) is 24.0 Å². The van der Waals surface area contributed by atoms with E-state index in [0.717, 1.165) is 29.7 Å². The van der Waals surface area contributed by atoms with Crippen LogP contribution in [0.25, 0.3) is 11.2 Å². The van der Waals surface area contributed by atoms with E-state index in [-0.39, 0.29) is 17.4 Å². The molecule has 178 valence electrons. The summed E-state index contributed by atoms with van der Waals surface area (Å²) in [7, 11) is 0. The first-order chi connectivity index (χ1) is 17.0. The standard InChI is InChI=1S/C27H26ClN5O2/c1-18-15-21(28)11-12-22(18)31-26(34)20-9-6-14-32(17-20)25-27(35)33(16-19-7-3-2-4-8-19)24-23(30-25)10-5-13-29-24/h2-5,7-8,10-13,15,20H,6,9,14,16-17H2,1H3,(H,31,34)/t20-/m1/s1. The molecule has 1 N–H and O–H groups in total. The molecule has 5 rings (SSSR count). The Kier molecular flexibility index (Phi) is 6.51. The predicted octanol–water partition coefficient (Wildman–Crippen LogP) is 4.66. The van der Waals surface area contributed by atoms with Gasteiger partial charge in [-0.05, 0) is 61.2 Å². The number of fused-ring (bicyclic) bond motifs is 1. The molecule has 4 aromatic rings. The molecule has 1 aliphatic heterocycles. The van der Waals surface area contributed by atoms with Crippen LogP contribution in [0.2, 0.25) is 5.02 Å². The number of amides is 1. The average Bonchev–Trinajstić information content (AvgIpc) is 2.88. The molecule has 8 heteroatoms. The summed E-state index contributed by atoms with van der Waals surface area (Å²) in [5.74, 6) is 0.0426. The molecule has 2 aromatic heterocycles. The zero-order valence-electron chi connectivity index (χ0n) is 19.4. The van der Waals surface area contributed by atoms with Crippen molar-refractivity contribution in [3.05, 3.63) is 93.4 Å². The molecule has 1 saturated heterocycles. The van der Waals surface area contributed by atoms with Gasteiger partial charge in [0.2, 0.25) is 5.91 Å². The van der Waals surface area contributed by atoms with Crippen molar-refractivity contribution in [2.75, 3.05) is 23.3 Å². The number of aromatic nitrogens is 3. The largest absolute Gasteiger partial charge is 0.351 e. The Morgan fingerprint density at radius 2 is 1.97 bits per heavy atom. The van der Waals surface area contributed by atoms with Crippen LogP contribution < -0.4 is 15.8 Å². The summed E-state index contributed by atoms with van der Waals surface area (Å²) in [6.07, 6.45) is 3.22. The fourth-order valence-electron chi connectivity index (χ4n) is 4.57. The highest BCUT2D eigenvalue weighted by molar-refractivity contribution is 6.30. The lowest BCUT2D eigenvalue weighted by Crippen LogP contribution is -2.44. The highest BCUT2D eigenvalue weighted by Crippen LogP contribution is 2.25. The summed E-state index contributed by atoms with van der Waals surface area (Å²) in [6.45, 7) is 3.41. The van der Waals surface area contributed by atoms with Gasteiger partial charge in [0, 0.05) is 30.0 Å². The molecule has 0 saturated carbocycles.